The minimum absolute atomic E-state index is 0.555. The molecule has 1 atom stereocenters. The first-order valence-corrected chi connectivity index (χ1v) is 3.98. The molecule has 0 spiro atoms. The lowest BCUT2D eigenvalue weighted by atomic mass is 10.1. The third-order valence-corrected chi connectivity index (χ3v) is 2.01. The first-order valence-electron chi connectivity index (χ1n) is 3.98. The summed E-state index contributed by atoms with van der Waals surface area (Å²) in [5.41, 5.74) is 2.61. The highest BCUT2D eigenvalue weighted by atomic mass is 15.0. The summed E-state index contributed by atoms with van der Waals surface area (Å²) in [6.07, 6.45) is 3.02. The standard InChI is InChI=1S/C9H12N2/c1-6-3-8-4-7(2)11-9(8)10-5-6/h3,5,7H,4H2,1-2H3,(H,10,11)/t7-/m1/s1. The summed E-state index contributed by atoms with van der Waals surface area (Å²) in [7, 11) is 0. The average molecular weight is 148 g/mol. The number of aromatic nitrogens is 1. The second kappa shape index (κ2) is 2.22. The molecule has 0 saturated heterocycles. The Kier molecular flexibility index (Phi) is 1.34. The molecule has 1 aliphatic heterocycles. The predicted molar refractivity (Wildman–Crippen MR) is 45.8 cm³/mol. The van der Waals surface area contributed by atoms with Crippen LogP contribution in [0.25, 0.3) is 0 Å². The SMILES string of the molecule is Cc1cnc2c(c1)C[C@@H](C)N2. The van der Waals surface area contributed by atoms with Gasteiger partial charge in [0.15, 0.2) is 0 Å². The van der Waals surface area contributed by atoms with Gasteiger partial charge in [-0.1, -0.05) is 6.07 Å². The molecule has 0 radical (unpaired) electrons. The van der Waals surface area contributed by atoms with Crippen molar-refractivity contribution in [2.75, 3.05) is 5.32 Å². The first-order chi connectivity index (χ1) is 5.25. The molecule has 2 heteroatoms. The Bertz CT molecular complexity index is 281. The van der Waals surface area contributed by atoms with Crippen molar-refractivity contribution in [3.05, 3.63) is 23.4 Å². The Balaban J connectivity index is 2.43. The number of nitrogens with zero attached hydrogens (tertiary/aromatic N) is 1. The van der Waals surface area contributed by atoms with Crippen LogP contribution in [-0.4, -0.2) is 11.0 Å². The number of aryl methyl sites for hydroxylation is 1. The fraction of sp³-hybridized carbons (Fsp3) is 0.444. The van der Waals surface area contributed by atoms with Gasteiger partial charge in [-0.3, -0.25) is 0 Å². The zero-order chi connectivity index (χ0) is 7.84. The van der Waals surface area contributed by atoms with Crippen LogP contribution in [0, 0.1) is 6.92 Å². The second-order valence-electron chi connectivity index (χ2n) is 3.27. The van der Waals surface area contributed by atoms with E-state index in [1.54, 1.807) is 0 Å². The maximum absolute atomic E-state index is 4.30. The number of anilines is 1. The average Bonchev–Trinajstić information content (AvgIpc) is 2.27. The van der Waals surface area contributed by atoms with Gasteiger partial charge in [-0.2, -0.15) is 0 Å². The molecule has 2 heterocycles. The highest BCUT2D eigenvalue weighted by molar-refractivity contribution is 5.51. The lowest BCUT2D eigenvalue weighted by molar-refractivity contribution is 0.838. The third kappa shape index (κ3) is 1.09. The van der Waals surface area contributed by atoms with E-state index in [-0.39, 0.29) is 0 Å². The highest BCUT2D eigenvalue weighted by Gasteiger charge is 2.16. The number of fused-ring (bicyclic) bond motifs is 1. The summed E-state index contributed by atoms with van der Waals surface area (Å²) in [6, 6.07) is 2.76. The van der Waals surface area contributed by atoms with Crippen LogP contribution >= 0.6 is 0 Å². The molecular weight excluding hydrogens is 136 g/mol. The Hall–Kier alpha value is -1.05. The van der Waals surface area contributed by atoms with Crippen LogP contribution in [0.5, 0.6) is 0 Å². The number of hydrogen-bond acceptors (Lipinski definition) is 2. The van der Waals surface area contributed by atoms with Crippen LogP contribution in [0.3, 0.4) is 0 Å². The van der Waals surface area contributed by atoms with Crippen molar-refractivity contribution in [3.8, 4) is 0 Å². The molecule has 1 N–H and O–H groups in total. The summed E-state index contributed by atoms with van der Waals surface area (Å²) < 4.78 is 0. The molecule has 0 fully saturated rings. The van der Waals surface area contributed by atoms with Gasteiger partial charge in [-0.05, 0) is 31.4 Å². The molecule has 2 rings (SSSR count). The molecular formula is C9H12N2. The van der Waals surface area contributed by atoms with Crippen LogP contribution in [0.2, 0.25) is 0 Å². The zero-order valence-corrected chi connectivity index (χ0v) is 6.89. The lowest BCUT2D eigenvalue weighted by Gasteiger charge is -2.00. The van der Waals surface area contributed by atoms with Crippen molar-refractivity contribution >= 4 is 5.82 Å². The molecule has 0 aromatic carbocycles. The Morgan fingerprint density at radius 2 is 2.45 bits per heavy atom. The van der Waals surface area contributed by atoms with Gasteiger partial charge in [0.1, 0.15) is 5.82 Å². The van der Waals surface area contributed by atoms with Gasteiger partial charge in [0.25, 0.3) is 0 Å². The van der Waals surface area contributed by atoms with Gasteiger partial charge < -0.3 is 5.32 Å². The van der Waals surface area contributed by atoms with Crippen LogP contribution < -0.4 is 5.32 Å². The summed E-state index contributed by atoms with van der Waals surface area (Å²) in [6.45, 7) is 4.26. The lowest BCUT2D eigenvalue weighted by Crippen LogP contribution is -2.08. The molecule has 0 bridgehead atoms. The monoisotopic (exact) mass is 148 g/mol. The molecule has 58 valence electrons. The summed E-state index contributed by atoms with van der Waals surface area (Å²) in [5.74, 6) is 1.07. The molecule has 0 saturated carbocycles. The largest absolute Gasteiger partial charge is 0.367 e. The first kappa shape index (κ1) is 6.65. The second-order valence-corrected chi connectivity index (χ2v) is 3.27. The van der Waals surface area contributed by atoms with Gasteiger partial charge in [-0.15, -0.1) is 0 Å². The minimum atomic E-state index is 0.555. The number of hydrogen-bond donors (Lipinski definition) is 1. The Morgan fingerprint density at radius 3 is 3.27 bits per heavy atom. The topological polar surface area (TPSA) is 24.9 Å². The van der Waals surface area contributed by atoms with Crippen LogP contribution in [0.1, 0.15) is 18.1 Å². The minimum Gasteiger partial charge on any atom is -0.367 e. The van der Waals surface area contributed by atoms with Crippen LogP contribution in [0.15, 0.2) is 12.3 Å². The van der Waals surface area contributed by atoms with Crippen molar-refractivity contribution in [1.29, 1.82) is 0 Å². The van der Waals surface area contributed by atoms with Gasteiger partial charge in [0, 0.05) is 12.2 Å². The normalized spacial score (nSPS) is 21.1. The zero-order valence-electron chi connectivity index (χ0n) is 6.89. The van der Waals surface area contributed by atoms with Crippen LogP contribution in [0.4, 0.5) is 5.82 Å². The van der Waals surface area contributed by atoms with E-state index < -0.39 is 0 Å². The number of rotatable bonds is 0. The Morgan fingerprint density at radius 1 is 1.64 bits per heavy atom. The quantitative estimate of drug-likeness (QED) is 0.606. The number of pyridine rings is 1. The van der Waals surface area contributed by atoms with Crippen molar-refractivity contribution in [3.63, 3.8) is 0 Å². The van der Waals surface area contributed by atoms with Gasteiger partial charge in [0.2, 0.25) is 0 Å². The molecule has 1 aromatic heterocycles. The highest BCUT2D eigenvalue weighted by Crippen LogP contribution is 2.23. The maximum atomic E-state index is 4.30. The van der Waals surface area contributed by atoms with Crippen molar-refractivity contribution in [1.82, 2.24) is 4.98 Å². The van der Waals surface area contributed by atoms with Crippen molar-refractivity contribution in [2.45, 2.75) is 26.3 Å². The summed E-state index contributed by atoms with van der Waals surface area (Å²) >= 11 is 0. The van der Waals surface area contributed by atoms with Gasteiger partial charge in [0.05, 0.1) is 0 Å². The number of nitrogens with one attached hydrogen (secondary N) is 1. The molecule has 0 aliphatic carbocycles. The predicted octanol–water partition coefficient (Wildman–Crippen LogP) is 1.75. The third-order valence-electron chi connectivity index (χ3n) is 2.01. The smallest absolute Gasteiger partial charge is 0.129 e. The van der Waals surface area contributed by atoms with E-state index in [1.807, 2.05) is 6.20 Å². The van der Waals surface area contributed by atoms with Gasteiger partial charge in [-0.25, -0.2) is 4.98 Å². The maximum Gasteiger partial charge on any atom is 0.129 e. The van der Waals surface area contributed by atoms with E-state index >= 15 is 0 Å². The van der Waals surface area contributed by atoms with E-state index in [2.05, 4.69) is 30.2 Å². The Labute approximate surface area is 66.7 Å². The van der Waals surface area contributed by atoms with Crippen molar-refractivity contribution < 1.29 is 0 Å². The fourth-order valence-corrected chi connectivity index (χ4v) is 1.53. The van der Waals surface area contributed by atoms with Crippen molar-refractivity contribution in [2.24, 2.45) is 0 Å². The summed E-state index contributed by atoms with van der Waals surface area (Å²) in [5, 5.41) is 3.31. The van der Waals surface area contributed by atoms with E-state index in [1.165, 1.54) is 11.1 Å². The molecule has 0 unspecified atom stereocenters. The van der Waals surface area contributed by atoms with E-state index in [4.69, 9.17) is 0 Å². The van der Waals surface area contributed by atoms with Gasteiger partial charge >= 0.3 is 0 Å². The van der Waals surface area contributed by atoms with E-state index in [0.29, 0.717) is 6.04 Å². The molecule has 11 heavy (non-hydrogen) atoms. The fourth-order valence-electron chi connectivity index (χ4n) is 1.53. The molecule has 2 nitrogen and oxygen atoms in total. The molecule has 1 aromatic rings. The van der Waals surface area contributed by atoms with Crippen LogP contribution in [-0.2, 0) is 6.42 Å². The molecule has 0 amide bonds. The summed E-state index contributed by atoms with van der Waals surface area (Å²) in [4.78, 5) is 4.30. The van der Waals surface area contributed by atoms with E-state index in [9.17, 15) is 0 Å². The molecule has 1 aliphatic rings. The van der Waals surface area contributed by atoms with E-state index in [0.717, 1.165) is 12.2 Å².